The largest absolute Gasteiger partial charge is 0.465 e. The third-order valence-corrected chi connectivity index (χ3v) is 3.10. The van der Waals surface area contributed by atoms with E-state index in [0.29, 0.717) is 13.0 Å². The Morgan fingerprint density at radius 2 is 1.89 bits per heavy atom. The van der Waals surface area contributed by atoms with Crippen molar-refractivity contribution in [3.63, 3.8) is 0 Å². The molecule has 3 N–H and O–H groups in total. The molecule has 0 aliphatic carbocycles. The summed E-state index contributed by atoms with van der Waals surface area (Å²) in [6.07, 6.45) is 0.552. The van der Waals surface area contributed by atoms with Gasteiger partial charge in [0.25, 0.3) is 0 Å². The van der Waals surface area contributed by atoms with E-state index in [2.05, 4.69) is 0 Å². The molecular weight excluding hydrogens is 240 g/mol. The van der Waals surface area contributed by atoms with E-state index in [-0.39, 0.29) is 6.04 Å². The molecule has 1 aromatic carbocycles. The Kier molecular flexibility index (Phi) is 5.36. The van der Waals surface area contributed by atoms with Gasteiger partial charge in [-0.2, -0.15) is 0 Å². The molecule has 4 nitrogen and oxygen atoms in total. The van der Waals surface area contributed by atoms with Crippen LogP contribution in [-0.2, 0) is 6.42 Å². The first-order chi connectivity index (χ1) is 8.80. The average Bonchev–Trinajstić information content (AvgIpc) is 2.28. The highest BCUT2D eigenvalue weighted by molar-refractivity contribution is 5.65. The number of rotatable bonds is 5. The van der Waals surface area contributed by atoms with E-state index in [1.54, 1.807) is 0 Å². The molecule has 0 radical (unpaired) electrons. The summed E-state index contributed by atoms with van der Waals surface area (Å²) in [4.78, 5) is 12.6. The number of nitrogens with zero attached hydrogens (tertiary/aromatic N) is 1. The molecule has 1 unspecified atom stereocenters. The summed E-state index contributed by atoms with van der Waals surface area (Å²) in [7, 11) is 0. The first-order valence-electron chi connectivity index (χ1n) is 6.61. The Balaban J connectivity index is 2.49. The van der Waals surface area contributed by atoms with Gasteiger partial charge in [0.05, 0.1) is 0 Å². The van der Waals surface area contributed by atoms with Crippen molar-refractivity contribution in [2.75, 3.05) is 6.54 Å². The average molecular weight is 264 g/mol. The van der Waals surface area contributed by atoms with Crippen LogP contribution in [0.15, 0.2) is 30.3 Å². The summed E-state index contributed by atoms with van der Waals surface area (Å²) in [6, 6.07) is 10.0. The van der Waals surface area contributed by atoms with Gasteiger partial charge in [0.15, 0.2) is 0 Å². The summed E-state index contributed by atoms with van der Waals surface area (Å²) in [5, 5.41) is 9.20. The Labute approximate surface area is 115 Å². The van der Waals surface area contributed by atoms with E-state index in [1.807, 2.05) is 51.1 Å². The predicted octanol–water partition coefficient (Wildman–Crippen LogP) is 2.73. The van der Waals surface area contributed by atoms with Crippen LogP contribution in [0.25, 0.3) is 0 Å². The number of nitrogens with two attached hydrogens (primary N) is 1. The summed E-state index contributed by atoms with van der Waals surface area (Å²) in [5.41, 5.74) is 6.87. The van der Waals surface area contributed by atoms with E-state index in [9.17, 15) is 9.90 Å². The highest BCUT2D eigenvalue weighted by Gasteiger charge is 2.26. The maximum atomic E-state index is 11.2. The molecule has 0 fully saturated rings. The number of carbonyl (C=O) groups is 1. The van der Waals surface area contributed by atoms with E-state index in [1.165, 1.54) is 10.5 Å². The van der Waals surface area contributed by atoms with Crippen molar-refractivity contribution in [3.8, 4) is 0 Å². The van der Waals surface area contributed by atoms with Crippen LogP contribution >= 0.6 is 0 Å². The first-order valence-corrected chi connectivity index (χ1v) is 6.61. The SMILES string of the molecule is CC(C)(C)N(CCC(N)Cc1ccccc1)C(=O)O. The Hall–Kier alpha value is -1.55. The van der Waals surface area contributed by atoms with Crippen molar-refractivity contribution < 1.29 is 9.90 Å². The van der Waals surface area contributed by atoms with Gasteiger partial charge >= 0.3 is 6.09 Å². The predicted molar refractivity (Wildman–Crippen MR) is 77.2 cm³/mol. The van der Waals surface area contributed by atoms with Crippen LogP contribution in [0.5, 0.6) is 0 Å². The van der Waals surface area contributed by atoms with Gasteiger partial charge in [-0.15, -0.1) is 0 Å². The number of benzene rings is 1. The fourth-order valence-electron chi connectivity index (χ4n) is 2.03. The lowest BCUT2D eigenvalue weighted by atomic mass is 10.0. The second kappa shape index (κ2) is 6.57. The lowest BCUT2D eigenvalue weighted by molar-refractivity contribution is 0.0982. The Morgan fingerprint density at radius 1 is 1.32 bits per heavy atom. The smallest absolute Gasteiger partial charge is 0.407 e. The highest BCUT2D eigenvalue weighted by atomic mass is 16.4. The molecule has 0 aliphatic heterocycles. The molecule has 0 aromatic heterocycles. The van der Waals surface area contributed by atoms with E-state index in [4.69, 9.17) is 5.73 Å². The third-order valence-electron chi connectivity index (χ3n) is 3.10. The lowest BCUT2D eigenvalue weighted by Gasteiger charge is -2.33. The maximum Gasteiger partial charge on any atom is 0.407 e. The molecule has 0 saturated heterocycles. The molecule has 4 heteroatoms. The minimum absolute atomic E-state index is 0.0217. The topological polar surface area (TPSA) is 66.6 Å². The molecule has 1 rings (SSSR count). The van der Waals surface area contributed by atoms with E-state index >= 15 is 0 Å². The van der Waals surface area contributed by atoms with Gasteiger partial charge in [0.2, 0.25) is 0 Å². The van der Waals surface area contributed by atoms with Crippen molar-refractivity contribution in [3.05, 3.63) is 35.9 Å². The normalized spacial score (nSPS) is 13.1. The van der Waals surface area contributed by atoms with Crippen LogP contribution in [-0.4, -0.2) is 34.2 Å². The molecule has 1 aromatic rings. The first kappa shape index (κ1) is 15.5. The summed E-state index contributed by atoms with van der Waals surface area (Å²) >= 11 is 0. The van der Waals surface area contributed by atoms with Crippen molar-refractivity contribution >= 4 is 6.09 Å². The highest BCUT2D eigenvalue weighted by Crippen LogP contribution is 2.15. The third kappa shape index (κ3) is 5.30. The van der Waals surface area contributed by atoms with E-state index in [0.717, 1.165) is 6.42 Å². The molecular formula is C15H24N2O2. The summed E-state index contributed by atoms with van der Waals surface area (Å²) in [6.45, 7) is 6.14. The zero-order chi connectivity index (χ0) is 14.5. The maximum absolute atomic E-state index is 11.2. The second-order valence-electron chi connectivity index (χ2n) is 5.84. The van der Waals surface area contributed by atoms with Crippen LogP contribution in [0.3, 0.4) is 0 Å². The zero-order valence-corrected chi connectivity index (χ0v) is 12.0. The summed E-state index contributed by atoms with van der Waals surface area (Å²) < 4.78 is 0. The molecule has 1 atom stereocenters. The molecule has 0 saturated carbocycles. The van der Waals surface area contributed by atoms with Crippen LogP contribution in [0.4, 0.5) is 4.79 Å². The number of carboxylic acid groups (broad SMARTS) is 1. The van der Waals surface area contributed by atoms with Gasteiger partial charge in [-0.1, -0.05) is 30.3 Å². The molecule has 19 heavy (non-hydrogen) atoms. The van der Waals surface area contributed by atoms with E-state index < -0.39 is 11.6 Å². The van der Waals surface area contributed by atoms with Crippen molar-refractivity contribution in [2.45, 2.75) is 45.2 Å². The molecule has 0 aliphatic rings. The zero-order valence-electron chi connectivity index (χ0n) is 12.0. The Morgan fingerprint density at radius 3 is 2.37 bits per heavy atom. The van der Waals surface area contributed by atoms with Gasteiger partial charge in [-0.3, -0.25) is 0 Å². The minimum atomic E-state index is -0.889. The van der Waals surface area contributed by atoms with Gasteiger partial charge in [-0.25, -0.2) is 4.79 Å². The molecule has 0 bridgehead atoms. The van der Waals surface area contributed by atoms with Crippen molar-refractivity contribution in [1.29, 1.82) is 0 Å². The monoisotopic (exact) mass is 264 g/mol. The second-order valence-corrected chi connectivity index (χ2v) is 5.84. The van der Waals surface area contributed by atoms with Crippen LogP contribution in [0, 0.1) is 0 Å². The molecule has 1 amide bonds. The number of hydrogen-bond donors (Lipinski definition) is 2. The standard InChI is InChI=1S/C15H24N2O2/c1-15(2,3)17(14(18)19)10-9-13(16)11-12-7-5-4-6-8-12/h4-8,13H,9-11,16H2,1-3H3,(H,18,19). The van der Waals surface area contributed by atoms with Crippen LogP contribution in [0.1, 0.15) is 32.8 Å². The van der Waals surface area contributed by atoms with Crippen molar-refractivity contribution in [1.82, 2.24) is 4.90 Å². The van der Waals surface area contributed by atoms with Crippen LogP contribution in [0.2, 0.25) is 0 Å². The fourth-order valence-corrected chi connectivity index (χ4v) is 2.03. The summed E-state index contributed by atoms with van der Waals surface area (Å²) in [5.74, 6) is 0. The molecule has 106 valence electrons. The van der Waals surface area contributed by atoms with Gasteiger partial charge in [-0.05, 0) is 39.2 Å². The fraction of sp³-hybridized carbons (Fsp3) is 0.533. The number of hydrogen-bond acceptors (Lipinski definition) is 2. The Bertz CT molecular complexity index is 398. The van der Waals surface area contributed by atoms with Crippen molar-refractivity contribution in [2.24, 2.45) is 5.73 Å². The van der Waals surface area contributed by atoms with Gasteiger partial charge in [0.1, 0.15) is 0 Å². The quantitative estimate of drug-likeness (QED) is 0.859. The van der Waals surface area contributed by atoms with Crippen LogP contribution < -0.4 is 5.73 Å². The van der Waals surface area contributed by atoms with Gasteiger partial charge in [0, 0.05) is 18.1 Å². The van der Waals surface area contributed by atoms with Gasteiger partial charge < -0.3 is 15.7 Å². The minimum Gasteiger partial charge on any atom is -0.465 e. The molecule has 0 heterocycles. The lowest BCUT2D eigenvalue weighted by Crippen LogP contribution is -2.46. The number of amides is 1. The molecule has 0 spiro atoms.